The Bertz CT molecular complexity index is 708. The van der Waals surface area contributed by atoms with Gasteiger partial charge in [0.15, 0.2) is 0 Å². The Morgan fingerprint density at radius 2 is 1.24 bits per heavy atom. The minimum absolute atomic E-state index is 0. The van der Waals surface area contributed by atoms with Crippen LogP contribution in [0.4, 0.5) is 0 Å². The third-order valence-electron chi connectivity index (χ3n) is 3.18. The first-order valence-electron chi connectivity index (χ1n) is 7.91. The molecule has 3 aromatic rings. The minimum atomic E-state index is 0. The minimum Gasteiger partial charge on any atom is -0.517 e. The summed E-state index contributed by atoms with van der Waals surface area (Å²) in [5, 5.41) is 0. The summed E-state index contributed by atoms with van der Waals surface area (Å²) < 4.78 is 0. The van der Waals surface area contributed by atoms with Gasteiger partial charge < -0.3 is 6.58 Å². The molecule has 2 heterocycles. The van der Waals surface area contributed by atoms with Crippen molar-refractivity contribution in [1.29, 1.82) is 0 Å². The van der Waals surface area contributed by atoms with Crippen LogP contribution in [0, 0.1) is 18.1 Å². The Morgan fingerprint density at radius 1 is 0.800 bits per heavy atom. The molecule has 0 N–H and O–H groups in total. The van der Waals surface area contributed by atoms with Gasteiger partial charge in [0.2, 0.25) is 0 Å². The molecule has 130 valence electrons. The molecule has 2 aromatic heterocycles. The van der Waals surface area contributed by atoms with E-state index in [1.54, 1.807) is 18.5 Å². The average Bonchev–Trinajstić information content (AvgIpc) is 2.63. The number of pyridine rings is 2. The molecule has 25 heavy (non-hydrogen) atoms. The number of hydrogen-bond donors (Lipinski definition) is 0. The van der Waals surface area contributed by atoms with Crippen molar-refractivity contribution in [3.63, 3.8) is 0 Å². The van der Waals surface area contributed by atoms with Crippen molar-refractivity contribution < 1.29 is 16.5 Å². The van der Waals surface area contributed by atoms with Gasteiger partial charge in [-0.2, -0.15) is 0 Å². The average molecular weight is 373 g/mol. The summed E-state index contributed by atoms with van der Waals surface area (Å²) in [7, 11) is 0. The molecule has 0 bridgehead atoms. The van der Waals surface area contributed by atoms with E-state index in [2.05, 4.69) is 36.8 Å². The van der Waals surface area contributed by atoms with Crippen LogP contribution in [-0.2, 0) is 16.5 Å². The molecule has 0 amide bonds. The van der Waals surface area contributed by atoms with Crippen LogP contribution in [0.3, 0.4) is 0 Å². The van der Waals surface area contributed by atoms with Crippen LogP contribution < -0.4 is 0 Å². The van der Waals surface area contributed by atoms with Gasteiger partial charge in [-0.15, -0.1) is 24.3 Å². The summed E-state index contributed by atoms with van der Waals surface area (Å²) in [6.07, 6.45) is 5.26. The Labute approximate surface area is 161 Å². The number of allylic oxidation sites excluding steroid dienone is 1. The largest absolute Gasteiger partial charge is 2.00 e. The van der Waals surface area contributed by atoms with Gasteiger partial charge in [0.1, 0.15) is 0 Å². The van der Waals surface area contributed by atoms with Crippen LogP contribution >= 0.6 is 0 Å². The van der Waals surface area contributed by atoms with Crippen LogP contribution in [-0.4, -0.2) is 9.97 Å². The zero-order valence-electron chi connectivity index (χ0n) is 14.7. The zero-order chi connectivity index (χ0) is 17.4. The zero-order valence-corrected chi connectivity index (χ0v) is 15.7. The molecule has 0 unspecified atom stereocenters. The molecule has 0 aliphatic rings. The Morgan fingerprint density at radius 3 is 1.56 bits per heavy atom. The molecular weight excluding hydrogens is 351 g/mol. The van der Waals surface area contributed by atoms with Crippen molar-refractivity contribution in [1.82, 2.24) is 9.97 Å². The molecule has 0 radical (unpaired) electrons. The first-order chi connectivity index (χ1) is 11.5. The molecule has 2 nitrogen and oxygen atoms in total. The normalized spacial score (nSPS) is 10.0. The maximum Gasteiger partial charge on any atom is 2.00 e. The predicted molar refractivity (Wildman–Crippen MR) is 100 cm³/mol. The molecule has 0 aliphatic carbocycles. The van der Waals surface area contributed by atoms with Gasteiger partial charge >= 0.3 is 16.5 Å². The van der Waals surface area contributed by atoms with Crippen molar-refractivity contribution >= 4 is 0 Å². The summed E-state index contributed by atoms with van der Waals surface area (Å²) in [6, 6.07) is 21.1. The summed E-state index contributed by atoms with van der Waals surface area (Å²) in [5.41, 5.74) is 4.02. The number of benzene rings is 1. The van der Waals surface area contributed by atoms with Gasteiger partial charge in [0.05, 0.1) is 0 Å². The van der Waals surface area contributed by atoms with Crippen LogP contribution in [0.5, 0.6) is 0 Å². The summed E-state index contributed by atoms with van der Waals surface area (Å²) >= 11 is 0. The fourth-order valence-corrected chi connectivity index (χ4v) is 1.81. The second-order valence-electron chi connectivity index (χ2n) is 6.44. The van der Waals surface area contributed by atoms with Crippen molar-refractivity contribution in [2.75, 3.05) is 0 Å². The van der Waals surface area contributed by atoms with E-state index in [1.807, 2.05) is 54.6 Å². The van der Waals surface area contributed by atoms with Gasteiger partial charge in [-0.1, -0.05) is 61.6 Å². The van der Waals surface area contributed by atoms with E-state index in [4.69, 9.17) is 6.58 Å². The fourth-order valence-electron chi connectivity index (χ4n) is 1.81. The second-order valence-corrected chi connectivity index (χ2v) is 6.44. The maximum absolute atomic E-state index is 5.18. The first-order valence-corrected chi connectivity index (χ1v) is 7.91. The first kappa shape index (κ1) is 20.8. The Hall–Kier alpha value is -2.25. The van der Waals surface area contributed by atoms with E-state index in [0.29, 0.717) is 0 Å². The second kappa shape index (κ2) is 9.91. The van der Waals surface area contributed by atoms with Gasteiger partial charge in [-0.25, -0.2) is 0 Å². The Kier molecular flexibility index (Phi) is 8.24. The van der Waals surface area contributed by atoms with Crippen molar-refractivity contribution in [3.8, 4) is 22.5 Å². The van der Waals surface area contributed by atoms with Crippen LogP contribution in [0.2, 0.25) is 0 Å². The van der Waals surface area contributed by atoms with E-state index in [9.17, 15) is 0 Å². The number of hydrogen-bond acceptors (Lipinski definition) is 2. The standard InChI is InChI=1S/C16H11N2.C6H11.Ni/c1-3-10-17-15(8-1)13-6-5-7-14(12-13)16-9-2-4-11-18-16;1-5-6(2,3)4;/h1-11H;1,5H,2-4H3;/q2*-1;+2. The molecule has 0 atom stereocenters. The van der Waals surface area contributed by atoms with Crippen LogP contribution in [0.25, 0.3) is 22.5 Å². The molecular formula is C22H22N2Ni. The van der Waals surface area contributed by atoms with Gasteiger partial charge in [0.25, 0.3) is 0 Å². The molecule has 0 spiro atoms. The monoisotopic (exact) mass is 372 g/mol. The van der Waals surface area contributed by atoms with E-state index < -0.39 is 0 Å². The molecule has 3 heteroatoms. The van der Waals surface area contributed by atoms with Crippen molar-refractivity contribution in [2.24, 2.45) is 5.41 Å². The van der Waals surface area contributed by atoms with E-state index >= 15 is 0 Å². The topological polar surface area (TPSA) is 25.8 Å². The van der Waals surface area contributed by atoms with E-state index in [0.717, 1.165) is 22.5 Å². The molecule has 1 aromatic carbocycles. The summed E-state index contributed by atoms with van der Waals surface area (Å²) in [5.74, 6) is 0. The number of rotatable bonds is 2. The molecule has 0 fully saturated rings. The molecule has 0 saturated heterocycles. The van der Waals surface area contributed by atoms with Gasteiger partial charge in [-0.05, 0) is 12.1 Å². The third-order valence-corrected chi connectivity index (χ3v) is 3.18. The summed E-state index contributed by atoms with van der Waals surface area (Å²) in [6.45, 7) is 11.4. The van der Waals surface area contributed by atoms with Gasteiger partial charge in [-0.3, -0.25) is 16.0 Å². The number of aromatic nitrogens is 2. The molecule has 0 saturated carbocycles. The fraction of sp³-hybridized carbons (Fsp3) is 0.182. The quantitative estimate of drug-likeness (QED) is 0.430. The van der Waals surface area contributed by atoms with E-state index in [1.165, 1.54) is 0 Å². The third kappa shape index (κ3) is 7.03. The SMILES string of the molecule is [CH-]=CC(C)(C)C.[Ni+2].[c-]1c(-c2ccccn2)cccc1-c1ccccn1. The predicted octanol–water partition coefficient (Wildman–Crippen LogP) is 5.63. The van der Waals surface area contributed by atoms with Gasteiger partial charge in [0, 0.05) is 23.8 Å². The maximum atomic E-state index is 5.18. The van der Waals surface area contributed by atoms with Crippen molar-refractivity contribution in [2.45, 2.75) is 20.8 Å². The van der Waals surface area contributed by atoms with E-state index in [-0.39, 0.29) is 21.9 Å². The van der Waals surface area contributed by atoms with Crippen molar-refractivity contribution in [3.05, 3.63) is 85.7 Å². The summed E-state index contributed by atoms with van der Waals surface area (Å²) in [4.78, 5) is 8.66. The van der Waals surface area contributed by atoms with Crippen LogP contribution in [0.1, 0.15) is 20.8 Å². The molecule has 3 rings (SSSR count). The smallest absolute Gasteiger partial charge is 0.517 e. The Balaban J connectivity index is 0.000000390. The van der Waals surface area contributed by atoms with Crippen LogP contribution in [0.15, 0.2) is 73.1 Å². The molecule has 0 aliphatic heterocycles. The number of nitrogens with zero attached hydrogens (tertiary/aromatic N) is 2.